The molecule has 0 aliphatic rings. The minimum absolute atomic E-state index is 0.0288. The summed E-state index contributed by atoms with van der Waals surface area (Å²) in [6.07, 6.45) is 0. The van der Waals surface area contributed by atoms with E-state index in [9.17, 15) is 4.79 Å². The van der Waals surface area contributed by atoms with Crippen molar-refractivity contribution in [1.29, 1.82) is 0 Å². The maximum Gasteiger partial charge on any atom is 0.326 e. The molecular weight excluding hydrogens is 184 g/mol. The van der Waals surface area contributed by atoms with Crippen molar-refractivity contribution in [3.05, 3.63) is 40.0 Å². The quantitative estimate of drug-likeness (QED) is 0.686. The molecule has 4 heteroatoms. The van der Waals surface area contributed by atoms with Gasteiger partial charge in [-0.05, 0) is 0 Å². The summed E-state index contributed by atoms with van der Waals surface area (Å²) in [4.78, 5) is 11.1. The molecule has 2 rings (SSSR count). The van der Waals surface area contributed by atoms with Gasteiger partial charge in [0.25, 0.3) is 0 Å². The van der Waals surface area contributed by atoms with Gasteiger partial charge < -0.3 is 0 Å². The molecule has 0 radical (unpaired) electrons. The van der Waals surface area contributed by atoms with Gasteiger partial charge in [0.15, 0.2) is 5.82 Å². The normalized spacial score (nSPS) is 10.2. The largest absolute Gasteiger partial charge is 0.326 e. The summed E-state index contributed by atoms with van der Waals surface area (Å²) in [5, 5.41) is 0. The molecule has 1 aromatic heterocycles. The van der Waals surface area contributed by atoms with Crippen LogP contribution < -0.4 is 4.87 Å². The van der Waals surface area contributed by atoms with E-state index in [0.717, 1.165) is 22.9 Å². The van der Waals surface area contributed by atoms with Crippen molar-refractivity contribution in [2.24, 2.45) is 7.05 Å². The van der Waals surface area contributed by atoms with Crippen molar-refractivity contribution < 1.29 is 0 Å². The second kappa shape index (κ2) is 3.14. The Kier molecular flexibility index (Phi) is 1.98. The zero-order valence-corrected chi connectivity index (χ0v) is 7.91. The number of aromatic nitrogens is 2. The highest BCUT2D eigenvalue weighted by molar-refractivity contribution is 7.03. The van der Waals surface area contributed by atoms with Gasteiger partial charge in [0.05, 0.1) is 0 Å². The lowest BCUT2D eigenvalue weighted by molar-refractivity contribution is 0.892. The average Bonchev–Trinajstić information content (AvgIpc) is 2.49. The van der Waals surface area contributed by atoms with Gasteiger partial charge in [-0.2, -0.15) is 4.37 Å². The zero-order chi connectivity index (χ0) is 9.26. The summed E-state index contributed by atoms with van der Waals surface area (Å²) in [5.41, 5.74) is 0.975. The van der Waals surface area contributed by atoms with Gasteiger partial charge in [-0.3, -0.25) is 9.36 Å². The van der Waals surface area contributed by atoms with Crippen molar-refractivity contribution >= 4 is 11.5 Å². The molecule has 13 heavy (non-hydrogen) atoms. The van der Waals surface area contributed by atoms with Crippen LogP contribution in [-0.2, 0) is 7.05 Å². The van der Waals surface area contributed by atoms with E-state index in [2.05, 4.69) is 4.37 Å². The third-order valence-electron chi connectivity index (χ3n) is 1.83. The van der Waals surface area contributed by atoms with Gasteiger partial charge in [0.2, 0.25) is 0 Å². The van der Waals surface area contributed by atoms with Gasteiger partial charge in [0, 0.05) is 24.1 Å². The molecule has 2 aromatic rings. The van der Waals surface area contributed by atoms with E-state index < -0.39 is 0 Å². The molecule has 66 valence electrons. The molecule has 0 atom stereocenters. The monoisotopic (exact) mass is 192 g/mol. The summed E-state index contributed by atoms with van der Waals surface area (Å²) in [7, 11) is 1.73. The van der Waals surface area contributed by atoms with Gasteiger partial charge in [-0.25, -0.2) is 0 Å². The molecule has 0 fully saturated rings. The molecule has 0 saturated heterocycles. The Labute approximate surface area is 79.4 Å². The Morgan fingerprint density at radius 3 is 2.54 bits per heavy atom. The van der Waals surface area contributed by atoms with Crippen LogP contribution >= 0.6 is 11.5 Å². The minimum Gasteiger partial charge on any atom is -0.285 e. The van der Waals surface area contributed by atoms with Crippen LogP contribution in [0.4, 0.5) is 0 Å². The number of rotatable bonds is 1. The number of nitrogens with zero attached hydrogens (tertiary/aromatic N) is 2. The first-order chi connectivity index (χ1) is 6.29. The summed E-state index contributed by atoms with van der Waals surface area (Å²) < 4.78 is 5.63. The van der Waals surface area contributed by atoms with Crippen molar-refractivity contribution in [2.75, 3.05) is 0 Å². The number of hydrogen-bond acceptors (Lipinski definition) is 3. The second-order valence-corrected chi connectivity index (χ2v) is 3.41. The lowest BCUT2D eigenvalue weighted by Crippen LogP contribution is -2.08. The molecule has 0 N–H and O–H groups in total. The van der Waals surface area contributed by atoms with Crippen molar-refractivity contribution in [1.82, 2.24) is 8.94 Å². The van der Waals surface area contributed by atoms with E-state index in [0.29, 0.717) is 0 Å². The predicted molar refractivity (Wildman–Crippen MR) is 52.8 cm³/mol. The molecule has 0 amide bonds. The summed E-state index contributed by atoms with van der Waals surface area (Å²) in [6, 6.07) is 9.68. The summed E-state index contributed by atoms with van der Waals surface area (Å²) in [6.45, 7) is 0. The molecule has 1 heterocycles. The molecule has 0 aliphatic heterocycles. The molecule has 3 nitrogen and oxygen atoms in total. The average molecular weight is 192 g/mol. The number of hydrogen-bond donors (Lipinski definition) is 0. The highest BCUT2D eigenvalue weighted by Gasteiger charge is 2.05. The minimum atomic E-state index is -0.0288. The fourth-order valence-electron chi connectivity index (χ4n) is 1.12. The molecular formula is C9H8N2OS. The third-order valence-corrected chi connectivity index (χ3v) is 2.53. The van der Waals surface area contributed by atoms with Gasteiger partial charge in [-0.15, -0.1) is 0 Å². The lowest BCUT2D eigenvalue weighted by Gasteiger charge is -1.97. The second-order valence-electron chi connectivity index (χ2n) is 2.70. The highest BCUT2D eigenvalue weighted by atomic mass is 32.1. The first-order valence-electron chi connectivity index (χ1n) is 3.87. The topological polar surface area (TPSA) is 34.9 Å². The Balaban J connectivity index is 2.60. The Morgan fingerprint density at radius 1 is 1.31 bits per heavy atom. The van der Waals surface area contributed by atoms with E-state index in [1.807, 2.05) is 30.3 Å². The first kappa shape index (κ1) is 8.19. The Bertz CT molecular complexity index is 458. The van der Waals surface area contributed by atoms with Gasteiger partial charge in [-0.1, -0.05) is 30.3 Å². The van der Waals surface area contributed by atoms with E-state index in [1.165, 1.54) is 0 Å². The third kappa shape index (κ3) is 1.40. The van der Waals surface area contributed by atoms with Crippen LogP contribution in [0.25, 0.3) is 11.4 Å². The van der Waals surface area contributed by atoms with E-state index >= 15 is 0 Å². The van der Waals surface area contributed by atoms with E-state index in [-0.39, 0.29) is 4.87 Å². The van der Waals surface area contributed by atoms with Crippen LogP contribution in [0.1, 0.15) is 0 Å². The highest BCUT2D eigenvalue weighted by Crippen LogP contribution is 2.14. The Hall–Kier alpha value is -1.42. The fraction of sp³-hybridized carbons (Fsp3) is 0.111. The molecule has 1 aromatic carbocycles. The van der Waals surface area contributed by atoms with Crippen molar-refractivity contribution in [3.63, 3.8) is 0 Å². The fourth-order valence-corrected chi connectivity index (χ4v) is 1.73. The van der Waals surface area contributed by atoms with Crippen LogP contribution in [0.2, 0.25) is 0 Å². The van der Waals surface area contributed by atoms with Gasteiger partial charge >= 0.3 is 4.87 Å². The zero-order valence-electron chi connectivity index (χ0n) is 7.10. The van der Waals surface area contributed by atoms with E-state index in [1.54, 1.807) is 11.6 Å². The smallest absolute Gasteiger partial charge is 0.285 e. The predicted octanol–water partition coefficient (Wildman–Crippen LogP) is 1.51. The molecule has 0 unspecified atom stereocenters. The SMILES string of the molecule is Cn1c(-c2ccccc2)nsc1=O. The van der Waals surface area contributed by atoms with E-state index in [4.69, 9.17) is 0 Å². The lowest BCUT2D eigenvalue weighted by atomic mass is 10.2. The molecule has 0 bridgehead atoms. The summed E-state index contributed by atoms with van der Waals surface area (Å²) in [5.74, 6) is 0.732. The standard InChI is InChI=1S/C9H8N2OS/c1-11-8(10-13-9(11)12)7-5-3-2-4-6-7/h2-6H,1H3. The molecule has 0 aliphatic carbocycles. The molecule has 0 spiro atoms. The van der Waals surface area contributed by atoms with Crippen LogP contribution in [0.15, 0.2) is 35.1 Å². The van der Waals surface area contributed by atoms with Crippen molar-refractivity contribution in [3.8, 4) is 11.4 Å². The first-order valence-corrected chi connectivity index (χ1v) is 4.64. The Morgan fingerprint density at radius 2 is 2.00 bits per heavy atom. The summed E-state index contributed by atoms with van der Waals surface area (Å²) >= 11 is 0.983. The van der Waals surface area contributed by atoms with Crippen molar-refractivity contribution in [2.45, 2.75) is 0 Å². The molecule has 0 saturated carbocycles. The maximum absolute atomic E-state index is 11.1. The van der Waals surface area contributed by atoms with Crippen LogP contribution in [0.5, 0.6) is 0 Å². The maximum atomic E-state index is 11.1. The van der Waals surface area contributed by atoms with Crippen LogP contribution in [-0.4, -0.2) is 8.94 Å². The number of benzene rings is 1. The van der Waals surface area contributed by atoms with Crippen LogP contribution in [0.3, 0.4) is 0 Å². The van der Waals surface area contributed by atoms with Gasteiger partial charge in [0.1, 0.15) is 0 Å². The van der Waals surface area contributed by atoms with Crippen LogP contribution in [0, 0.1) is 0 Å².